The number of rotatable bonds is 9. The van der Waals surface area contributed by atoms with Crippen LogP contribution in [0.15, 0.2) is 42.5 Å². The summed E-state index contributed by atoms with van der Waals surface area (Å²) in [6, 6.07) is 12.4. The van der Waals surface area contributed by atoms with Gasteiger partial charge in [0.05, 0.1) is 20.3 Å². The minimum atomic E-state index is -0.266. The van der Waals surface area contributed by atoms with Crippen molar-refractivity contribution in [3.63, 3.8) is 0 Å². The minimum absolute atomic E-state index is 0.161. The highest BCUT2D eigenvalue weighted by atomic mass is 19.1. The molecule has 0 unspecified atom stereocenters. The van der Waals surface area contributed by atoms with E-state index in [1.165, 1.54) is 6.07 Å². The Bertz CT molecular complexity index is 720. The molecule has 1 fully saturated rings. The largest absolute Gasteiger partial charge is 0.493 e. The molecule has 0 saturated carbocycles. The van der Waals surface area contributed by atoms with Crippen molar-refractivity contribution in [3.8, 4) is 11.5 Å². The molecular weight excluding hydrogens is 347 g/mol. The van der Waals surface area contributed by atoms with Crippen molar-refractivity contribution in [2.24, 2.45) is 0 Å². The summed E-state index contributed by atoms with van der Waals surface area (Å²) in [4.78, 5) is 2.39. The quantitative estimate of drug-likeness (QED) is 0.684. The predicted molar refractivity (Wildman–Crippen MR) is 103 cm³/mol. The first kappa shape index (κ1) is 19.6. The van der Waals surface area contributed by atoms with Gasteiger partial charge in [0.25, 0.3) is 0 Å². The van der Waals surface area contributed by atoms with Crippen LogP contribution in [0.4, 0.5) is 4.39 Å². The maximum absolute atomic E-state index is 13.9. The summed E-state index contributed by atoms with van der Waals surface area (Å²) < 4.78 is 30.6. The summed E-state index contributed by atoms with van der Waals surface area (Å²) in [5.74, 6) is 1.04. The Kier molecular flexibility index (Phi) is 7.45. The van der Waals surface area contributed by atoms with E-state index in [-0.39, 0.29) is 12.4 Å². The van der Waals surface area contributed by atoms with Crippen LogP contribution >= 0.6 is 0 Å². The lowest BCUT2D eigenvalue weighted by Gasteiger charge is -2.26. The maximum atomic E-state index is 13.9. The summed E-state index contributed by atoms with van der Waals surface area (Å²) in [7, 11) is 1.61. The van der Waals surface area contributed by atoms with Crippen molar-refractivity contribution in [1.29, 1.82) is 0 Å². The first-order valence-electron chi connectivity index (χ1n) is 9.31. The van der Waals surface area contributed by atoms with E-state index >= 15 is 0 Å². The number of methoxy groups -OCH3 is 1. The lowest BCUT2D eigenvalue weighted by molar-refractivity contribution is 0.0384. The molecule has 0 radical (unpaired) electrons. The van der Waals surface area contributed by atoms with Crippen LogP contribution in [-0.2, 0) is 17.9 Å². The third-order valence-corrected chi connectivity index (χ3v) is 4.63. The lowest BCUT2D eigenvalue weighted by atomic mass is 10.1. The van der Waals surface area contributed by atoms with Gasteiger partial charge < -0.3 is 19.5 Å². The van der Waals surface area contributed by atoms with Gasteiger partial charge in [-0.25, -0.2) is 4.39 Å². The Balaban J connectivity index is 1.58. The third-order valence-electron chi connectivity index (χ3n) is 4.63. The molecule has 0 aliphatic carbocycles. The van der Waals surface area contributed by atoms with Crippen molar-refractivity contribution in [2.45, 2.75) is 13.2 Å². The number of ether oxygens (including phenoxy) is 3. The average molecular weight is 374 g/mol. The Labute approximate surface area is 160 Å². The van der Waals surface area contributed by atoms with Gasteiger partial charge in [-0.05, 0) is 12.1 Å². The third kappa shape index (κ3) is 5.66. The van der Waals surface area contributed by atoms with Gasteiger partial charge >= 0.3 is 0 Å². The van der Waals surface area contributed by atoms with E-state index in [4.69, 9.17) is 14.2 Å². The second-order valence-electron chi connectivity index (χ2n) is 6.46. The van der Waals surface area contributed by atoms with Crippen LogP contribution in [0.25, 0.3) is 0 Å². The highest BCUT2D eigenvalue weighted by molar-refractivity contribution is 5.46. The minimum Gasteiger partial charge on any atom is -0.493 e. The Hall–Kier alpha value is -2.15. The van der Waals surface area contributed by atoms with E-state index in [2.05, 4.69) is 10.2 Å². The maximum Gasteiger partial charge on any atom is 0.166 e. The fourth-order valence-electron chi connectivity index (χ4n) is 3.08. The second-order valence-corrected chi connectivity index (χ2v) is 6.46. The predicted octanol–water partition coefficient (Wildman–Crippen LogP) is 2.84. The average Bonchev–Trinajstić information content (AvgIpc) is 2.71. The first-order valence-corrected chi connectivity index (χ1v) is 9.31. The fourth-order valence-corrected chi connectivity index (χ4v) is 3.08. The Morgan fingerprint density at radius 3 is 2.63 bits per heavy atom. The van der Waals surface area contributed by atoms with Crippen molar-refractivity contribution >= 4 is 0 Å². The van der Waals surface area contributed by atoms with Crippen molar-refractivity contribution in [3.05, 3.63) is 59.4 Å². The van der Waals surface area contributed by atoms with Gasteiger partial charge in [0.2, 0.25) is 0 Å². The summed E-state index contributed by atoms with van der Waals surface area (Å²) in [6.07, 6.45) is 0. The highest BCUT2D eigenvalue weighted by Gasteiger charge is 2.13. The van der Waals surface area contributed by atoms with Crippen molar-refractivity contribution in [1.82, 2.24) is 10.2 Å². The molecule has 6 heteroatoms. The molecular formula is C21H27FN2O3. The molecule has 0 atom stereocenters. The molecule has 3 rings (SSSR count). The highest BCUT2D eigenvalue weighted by Crippen LogP contribution is 2.32. The van der Waals surface area contributed by atoms with Crippen LogP contribution in [0, 0.1) is 5.82 Å². The van der Waals surface area contributed by atoms with Crippen molar-refractivity contribution < 1.29 is 18.6 Å². The molecule has 1 aliphatic rings. The zero-order valence-electron chi connectivity index (χ0n) is 15.7. The molecule has 2 aromatic carbocycles. The fraction of sp³-hybridized carbons (Fsp3) is 0.429. The summed E-state index contributed by atoms with van der Waals surface area (Å²) >= 11 is 0. The molecule has 146 valence electrons. The van der Waals surface area contributed by atoms with E-state index in [1.807, 2.05) is 18.2 Å². The van der Waals surface area contributed by atoms with Crippen LogP contribution in [0.1, 0.15) is 11.1 Å². The normalized spacial score (nSPS) is 14.9. The van der Waals surface area contributed by atoms with Gasteiger partial charge in [-0.1, -0.05) is 30.3 Å². The van der Waals surface area contributed by atoms with E-state index < -0.39 is 0 Å². The molecule has 1 heterocycles. The molecule has 0 amide bonds. The van der Waals surface area contributed by atoms with Gasteiger partial charge in [-0.2, -0.15) is 0 Å². The van der Waals surface area contributed by atoms with Crippen LogP contribution in [0.5, 0.6) is 11.5 Å². The molecule has 0 spiro atoms. The van der Waals surface area contributed by atoms with Crippen LogP contribution < -0.4 is 14.8 Å². The number of nitrogens with one attached hydrogen (secondary N) is 1. The van der Waals surface area contributed by atoms with Crippen LogP contribution in [0.3, 0.4) is 0 Å². The molecule has 27 heavy (non-hydrogen) atoms. The molecule has 2 aromatic rings. The standard InChI is InChI=1S/C21H27FN2O3/c1-25-20-8-4-6-17(15-23-9-10-24-11-13-26-14-12-24)21(20)27-16-18-5-2-3-7-19(18)22/h2-8,23H,9-16H2,1H3. The zero-order valence-corrected chi connectivity index (χ0v) is 15.7. The van der Waals surface area contributed by atoms with Gasteiger partial charge in [0, 0.05) is 43.9 Å². The van der Waals surface area contributed by atoms with Crippen LogP contribution in [-0.4, -0.2) is 51.4 Å². The smallest absolute Gasteiger partial charge is 0.166 e. The SMILES string of the molecule is COc1cccc(CNCCN2CCOCC2)c1OCc1ccccc1F. The molecule has 1 N–H and O–H groups in total. The van der Waals surface area contributed by atoms with Crippen LogP contribution in [0.2, 0.25) is 0 Å². The van der Waals surface area contributed by atoms with Gasteiger partial charge in [0.15, 0.2) is 11.5 Å². The topological polar surface area (TPSA) is 43.0 Å². The number of nitrogens with zero attached hydrogens (tertiary/aromatic N) is 1. The van der Waals surface area contributed by atoms with Gasteiger partial charge in [-0.15, -0.1) is 0 Å². The van der Waals surface area contributed by atoms with Crippen molar-refractivity contribution in [2.75, 3.05) is 46.5 Å². The molecule has 0 bridgehead atoms. The molecule has 1 saturated heterocycles. The number of hydrogen-bond acceptors (Lipinski definition) is 5. The lowest BCUT2D eigenvalue weighted by Crippen LogP contribution is -2.40. The van der Waals surface area contributed by atoms with E-state index in [1.54, 1.807) is 25.3 Å². The summed E-state index contributed by atoms with van der Waals surface area (Å²) in [5, 5.41) is 3.46. The number of halogens is 1. The Morgan fingerprint density at radius 1 is 1.07 bits per heavy atom. The number of benzene rings is 2. The number of morpholine rings is 1. The summed E-state index contributed by atoms with van der Waals surface area (Å²) in [5.41, 5.74) is 1.52. The van der Waals surface area contributed by atoms with E-state index in [0.29, 0.717) is 23.6 Å². The number of para-hydroxylation sites is 1. The second kappa shape index (κ2) is 10.3. The Morgan fingerprint density at radius 2 is 1.85 bits per heavy atom. The molecule has 1 aliphatic heterocycles. The summed E-state index contributed by atoms with van der Waals surface area (Å²) in [6.45, 7) is 6.27. The van der Waals surface area contributed by atoms with Gasteiger partial charge in [0.1, 0.15) is 12.4 Å². The molecule has 0 aromatic heterocycles. The zero-order chi connectivity index (χ0) is 18.9. The van der Waals surface area contributed by atoms with Gasteiger partial charge in [-0.3, -0.25) is 4.90 Å². The monoisotopic (exact) mass is 374 g/mol. The number of hydrogen-bond donors (Lipinski definition) is 1. The van der Waals surface area contributed by atoms with E-state index in [0.717, 1.165) is 45.0 Å². The van der Waals surface area contributed by atoms with E-state index in [9.17, 15) is 4.39 Å². The molecule has 5 nitrogen and oxygen atoms in total. The first-order chi connectivity index (χ1) is 13.3.